The van der Waals surface area contributed by atoms with E-state index in [1.165, 1.54) is 0 Å². The highest BCUT2D eigenvalue weighted by molar-refractivity contribution is 5.67. The van der Waals surface area contributed by atoms with E-state index in [-0.39, 0.29) is 12.6 Å². The minimum atomic E-state index is -0.171. The Morgan fingerprint density at radius 3 is 2.62 bits per heavy atom. The summed E-state index contributed by atoms with van der Waals surface area (Å²) in [6.07, 6.45) is 0. The molecule has 1 aromatic heterocycles. The average molecular weight is 345 g/mol. The van der Waals surface area contributed by atoms with Crippen molar-refractivity contribution >= 4 is 17.5 Å². The van der Waals surface area contributed by atoms with Crippen molar-refractivity contribution in [1.29, 1.82) is 5.26 Å². The van der Waals surface area contributed by atoms with Crippen molar-refractivity contribution in [3.05, 3.63) is 66.2 Å². The number of nitrogens with one attached hydrogen (secondary N) is 2. The number of aromatic nitrogens is 2. The van der Waals surface area contributed by atoms with Gasteiger partial charge in [0.2, 0.25) is 5.95 Å². The van der Waals surface area contributed by atoms with Gasteiger partial charge < -0.3 is 15.7 Å². The van der Waals surface area contributed by atoms with Gasteiger partial charge in [0.15, 0.2) is 0 Å². The summed E-state index contributed by atoms with van der Waals surface area (Å²) in [7, 11) is 0. The van der Waals surface area contributed by atoms with Crippen LogP contribution in [0.3, 0.4) is 0 Å². The van der Waals surface area contributed by atoms with Crippen molar-refractivity contribution in [1.82, 2.24) is 9.97 Å². The van der Waals surface area contributed by atoms with Crippen molar-refractivity contribution in [3.63, 3.8) is 0 Å². The number of hydrogen-bond acceptors (Lipinski definition) is 6. The van der Waals surface area contributed by atoms with E-state index in [2.05, 4.69) is 26.7 Å². The molecule has 3 aromatic rings. The van der Waals surface area contributed by atoms with Crippen LogP contribution in [0.1, 0.15) is 12.5 Å². The lowest BCUT2D eigenvalue weighted by atomic mass is 10.1. The number of aliphatic hydroxyl groups excluding tert-OH is 1. The van der Waals surface area contributed by atoms with Crippen LogP contribution in [0.15, 0.2) is 60.7 Å². The smallest absolute Gasteiger partial charge is 0.225 e. The molecule has 3 rings (SSSR count). The minimum Gasteiger partial charge on any atom is -0.394 e. The zero-order valence-corrected chi connectivity index (χ0v) is 14.3. The zero-order valence-electron chi connectivity index (χ0n) is 14.3. The molecule has 6 nitrogen and oxygen atoms in total. The van der Waals surface area contributed by atoms with Crippen molar-refractivity contribution in [2.75, 3.05) is 17.2 Å². The number of anilines is 3. The summed E-state index contributed by atoms with van der Waals surface area (Å²) in [6.45, 7) is 1.83. The number of hydrogen-bond donors (Lipinski definition) is 3. The predicted octanol–water partition coefficient (Wildman–Crippen LogP) is 3.55. The van der Waals surface area contributed by atoms with Gasteiger partial charge in [-0.3, -0.25) is 0 Å². The first kappa shape index (κ1) is 17.4. The average Bonchev–Trinajstić information content (AvgIpc) is 2.68. The Balaban J connectivity index is 1.97. The summed E-state index contributed by atoms with van der Waals surface area (Å²) < 4.78 is 0. The first-order chi connectivity index (χ1) is 12.7. The molecule has 0 amide bonds. The molecule has 0 fully saturated rings. The Morgan fingerprint density at radius 2 is 1.88 bits per heavy atom. The molecule has 0 radical (unpaired) electrons. The van der Waals surface area contributed by atoms with Crippen LogP contribution in [-0.4, -0.2) is 27.7 Å². The lowest BCUT2D eigenvalue weighted by Gasteiger charge is -2.14. The molecule has 2 aromatic carbocycles. The van der Waals surface area contributed by atoms with E-state index in [1.54, 1.807) is 12.1 Å². The van der Waals surface area contributed by atoms with E-state index in [0.29, 0.717) is 17.3 Å². The fraction of sp³-hybridized carbons (Fsp3) is 0.150. The molecule has 6 heteroatoms. The second kappa shape index (κ2) is 8.10. The molecule has 3 N–H and O–H groups in total. The van der Waals surface area contributed by atoms with E-state index in [1.807, 2.05) is 55.5 Å². The van der Waals surface area contributed by atoms with Gasteiger partial charge in [-0.25, -0.2) is 4.98 Å². The van der Waals surface area contributed by atoms with E-state index in [9.17, 15) is 5.11 Å². The third-order valence-corrected chi connectivity index (χ3v) is 3.71. The molecule has 0 saturated carbocycles. The quantitative estimate of drug-likeness (QED) is 0.632. The topological polar surface area (TPSA) is 93.9 Å². The fourth-order valence-corrected chi connectivity index (χ4v) is 2.41. The molecule has 26 heavy (non-hydrogen) atoms. The standard InChI is InChI=1S/C20H19N5O/c1-14(13-26)22-20-24-18(16-7-3-2-4-8-16)11-19(25-20)23-17-9-5-6-15(10-17)12-21/h2-11,14,26H,13H2,1H3,(H2,22,23,24,25)/t14-/m1/s1. The Bertz CT molecular complexity index is 921. The number of benzene rings is 2. The van der Waals surface area contributed by atoms with Crippen LogP contribution in [0.4, 0.5) is 17.5 Å². The number of aliphatic hydroxyl groups is 1. The van der Waals surface area contributed by atoms with Gasteiger partial charge in [-0.1, -0.05) is 36.4 Å². The summed E-state index contributed by atoms with van der Waals surface area (Å²) in [4.78, 5) is 9.01. The van der Waals surface area contributed by atoms with E-state index < -0.39 is 0 Å². The number of nitrogens with zero attached hydrogens (tertiary/aromatic N) is 3. The lowest BCUT2D eigenvalue weighted by molar-refractivity contribution is 0.281. The van der Waals surface area contributed by atoms with Crippen LogP contribution in [0, 0.1) is 11.3 Å². The highest BCUT2D eigenvalue weighted by Gasteiger charge is 2.09. The maximum Gasteiger partial charge on any atom is 0.225 e. The molecule has 0 unspecified atom stereocenters. The Morgan fingerprint density at radius 1 is 1.08 bits per heavy atom. The predicted molar refractivity (Wildman–Crippen MR) is 102 cm³/mol. The van der Waals surface area contributed by atoms with Gasteiger partial charge in [0.1, 0.15) is 5.82 Å². The zero-order chi connectivity index (χ0) is 18.4. The first-order valence-corrected chi connectivity index (χ1v) is 8.27. The molecule has 0 aliphatic rings. The molecule has 0 spiro atoms. The van der Waals surface area contributed by atoms with Gasteiger partial charge in [0.05, 0.1) is 23.9 Å². The Hall–Kier alpha value is -3.43. The van der Waals surface area contributed by atoms with Crippen LogP contribution in [0.2, 0.25) is 0 Å². The summed E-state index contributed by atoms with van der Waals surface area (Å²) in [5.41, 5.74) is 3.05. The largest absolute Gasteiger partial charge is 0.394 e. The minimum absolute atomic E-state index is 0.0219. The van der Waals surface area contributed by atoms with Crippen LogP contribution in [0.5, 0.6) is 0 Å². The highest BCUT2D eigenvalue weighted by atomic mass is 16.3. The number of nitriles is 1. The third-order valence-electron chi connectivity index (χ3n) is 3.71. The molecule has 130 valence electrons. The molecular formula is C20H19N5O. The fourth-order valence-electron chi connectivity index (χ4n) is 2.41. The van der Waals surface area contributed by atoms with Crippen molar-refractivity contribution in [2.24, 2.45) is 0 Å². The van der Waals surface area contributed by atoms with Crippen LogP contribution in [0.25, 0.3) is 11.3 Å². The summed E-state index contributed by atoms with van der Waals surface area (Å²) in [5.74, 6) is 1.02. The maximum absolute atomic E-state index is 9.28. The molecule has 1 heterocycles. The van der Waals surface area contributed by atoms with Gasteiger partial charge >= 0.3 is 0 Å². The molecule has 0 saturated heterocycles. The molecular weight excluding hydrogens is 326 g/mol. The Labute approximate surface area is 152 Å². The van der Waals surface area contributed by atoms with Crippen molar-refractivity contribution < 1.29 is 5.11 Å². The first-order valence-electron chi connectivity index (χ1n) is 8.27. The van der Waals surface area contributed by atoms with Gasteiger partial charge in [-0.05, 0) is 25.1 Å². The molecule has 1 atom stereocenters. The third kappa shape index (κ3) is 4.35. The summed E-state index contributed by atoms with van der Waals surface area (Å²) >= 11 is 0. The normalized spacial score (nSPS) is 11.4. The maximum atomic E-state index is 9.28. The lowest BCUT2D eigenvalue weighted by Crippen LogP contribution is -2.21. The van der Waals surface area contributed by atoms with Crippen molar-refractivity contribution in [2.45, 2.75) is 13.0 Å². The Kier molecular flexibility index (Phi) is 5.42. The monoisotopic (exact) mass is 345 g/mol. The van der Waals surface area contributed by atoms with Gasteiger partial charge in [0, 0.05) is 23.4 Å². The summed E-state index contributed by atoms with van der Waals surface area (Å²) in [5, 5.41) is 24.6. The van der Waals surface area contributed by atoms with Gasteiger partial charge in [0.25, 0.3) is 0 Å². The van der Waals surface area contributed by atoms with E-state index >= 15 is 0 Å². The SMILES string of the molecule is C[C@H](CO)Nc1nc(Nc2cccc(C#N)c2)cc(-c2ccccc2)n1. The van der Waals surface area contributed by atoms with Crippen LogP contribution < -0.4 is 10.6 Å². The van der Waals surface area contributed by atoms with Gasteiger partial charge in [-0.15, -0.1) is 0 Å². The molecule has 0 bridgehead atoms. The van der Waals surface area contributed by atoms with E-state index in [0.717, 1.165) is 16.9 Å². The van der Waals surface area contributed by atoms with Gasteiger partial charge in [-0.2, -0.15) is 10.2 Å². The second-order valence-electron chi connectivity index (χ2n) is 5.87. The number of rotatable bonds is 6. The molecule has 0 aliphatic heterocycles. The molecule has 0 aliphatic carbocycles. The summed E-state index contributed by atoms with van der Waals surface area (Å²) in [6, 6.07) is 20.8. The van der Waals surface area contributed by atoms with Crippen LogP contribution in [-0.2, 0) is 0 Å². The van der Waals surface area contributed by atoms with E-state index in [4.69, 9.17) is 5.26 Å². The van der Waals surface area contributed by atoms with Crippen LogP contribution >= 0.6 is 0 Å². The second-order valence-corrected chi connectivity index (χ2v) is 5.87. The van der Waals surface area contributed by atoms with Crippen molar-refractivity contribution in [3.8, 4) is 17.3 Å². The highest BCUT2D eigenvalue weighted by Crippen LogP contribution is 2.24.